The topological polar surface area (TPSA) is 75.6 Å². The molecule has 1 amide bonds. The molecule has 2 rings (SSSR count). The van der Waals surface area contributed by atoms with Crippen molar-refractivity contribution in [3.8, 4) is 5.75 Å². The van der Waals surface area contributed by atoms with Crippen LogP contribution in [0, 0.1) is 0 Å². The lowest BCUT2D eigenvalue weighted by Crippen LogP contribution is -2.40. The van der Waals surface area contributed by atoms with Gasteiger partial charge in [-0.15, -0.1) is 0 Å². The Bertz CT molecular complexity index is 540. The Hall–Kier alpha value is -1.75. The Balaban J connectivity index is 1.94. The minimum Gasteiger partial charge on any atom is -0.507 e. The number of aromatic hydroxyl groups is 1. The summed E-state index contributed by atoms with van der Waals surface area (Å²) in [7, 11) is 0. The highest BCUT2D eigenvalue weighted by Gasteiger charge is 2.24. The van der Waals surface area contributed by atoms with Gasteiger partial charge in [-0.3, -0.25) is 4.79 Å². The molecule has 0 aliphatic heterocycles. The third-order valence-electron chi connectivity index (χ3n) is 3.53. The number of esters is 1. The molecule has 5 nitrogen and oxygen atoms in total. The Kier molecular flexibility index (Phi) is 5.07. The van der Waals surface area contributed by atoms with Crippen LogP contribution >= 0.6 is 11.6 Å². The average Bonchev–Trinajstić information content (AvgIpc) is 2.94. The highest BCUT2D eigenvalue weighted by atomic mass is 35.5. The smallest absolute Gasteiger partial charge is 0.342 e. The van der Waals surface area contributed by atoms with Crippen LogP contribution in [0.25, 0.3) is 0 Å². The molecule has 6 heteroatoms. The standard InChI is InChI=1S/C15H18ClNO4/c1-9(14(19)17-11-4-2-3-5-11)21-15(20)12-8-10(16)6-7-13(12)18/h6-9,11,18H,2-5H2,1H3,(H,17,19)/t9-/m0/s1. The van der Waals surface area contributed by atoms with Gasteiger partial charge in [0.05, 0.1) is 0 Å². The van der Waals surface area contributed by atoms with Crippen LogP contribution in [0.1, 0.15) is 43.0 Å². The van der Waals surface area contributed by atoms with Crippen LogP contribution < -0.4 is 5.32 Å². The predicted octanol–water partition coefficient (Wildman–Crippen LogP) is 2.65. The van der Waals surface area contributed by atoms with Gasteiger partial charge < -0.3 is 15.2 Å². The third-order valence-corrected chi connectivity index (χ3v) is 3.77. The second-order valence-corrected chi connectivity index (χ2v) is 5.64. The average molecular weight is 312 g/mol. The van der Waals surface area contributed by atoms with Crippen molar-refractivity contribution in [2.45, 2.75) is 44.8 Å². The van der Waals surface area contributed by atoms with Gasteiger partial charge in [-0.1, -0.05) is 24.4 Å². The summed E-state index contributed by atoms with van der Waals surface area (Å²) in [5.74, 6) is -1.33. The van der Waals surface area contributed by atoms with Crippen molar-refractivity contribution in [3.63, 3.8) is 0 Å². The van der Waals surface area contributed by atoms with Crippen LogP contribution in [0.3, 0.4) is 0 Å². The van der Waals surface area contributed by atoms with E-state index >= 15 is 0 Å². The molecule has 1 aliphatic carbocycles. The number of carbonyl (C=O) groups excluding carboxylic acids is 2. The van der Waals surface area contributed by atoms with E-state index in [1.807, 2.05) is 0 Å². The van der Waals surface area contributed by atoms with Crippen molar-refractivity contribution in [2.24, 2.45) is 0 Å². The minimum absolute atomic E-state index is 0.0528. The summed E-state index contributed by atoms with van der Waals surface area (Å²) >= 11 is 5.78. The van der Waals surface area contributed by atoms with Crippen LogP contribution in [0.4, 0.5) is 0 Å². The van der Waals surface area contributed by atoms with Crippen molar-refractivity contribution >= 4 is 23.5 Å². The first kappa shape index (κ1) is 15.6. The molecule has 1 aromatic rings. The molecule has 0 spiro atoms. The number of hydrogen-bond donors (Lipinski definition) is 2. The van der Waals surface area contributed by atoms with Crippen molar-refractivity contribution in [3.05, 3.63) is 28.8 Å². The first-order chi connectivity index (χ1) is 9.97. The first-order valence-electron chi connectivity index (χ1n) is 6.97. The second kappa shape index (κ2) is 6.80. The molecule has 0 radical (unpaired) electrons. The van der Waals surface area contributed by atoms with Gasteiger partial charge in [-0.2, -0.15) is 0 Å². The molecule has 0 heterocycles. The van der Waals surface area contributed by atoms with Gasteiger partial charge >= 0.3 is 5.97 Å². The van der Waals surface area contributed by atoms with E-state index in [-0.39, 0.29) is 23.3 Å². The van der Waals surface area contributed by atoms with E-state index < -0.39 is 12.1 Å². The van der Waals surface area contributed by atoms with E-state index in [0.717, 1.165) is 25.7 Å². The number of halogens is 1. The van der Waals surface area contributed by atoms with Crippen LogP contribution in [0.5, 0.6) is 5.75 Å². The SMILES string of the molecule is C[C@H](OC(=O)c1cc(Cl)ccc1O)C(=O)NC1CCCC1. The minimum atomic E-state index is -0.920. The number of benzene rings is 1. The zero-order valence-corrected chi connectivity index (χ0v) is 12.5. The van der Waals surface area contributed by atoms with Crippen LogP contribution in [-0.2, 0) is 9.53 Å². The fourth-order valence-electron chi connectivity index (χ4n) is 2.34. The Labute approximate surface area is 128 Å². The monoisotopic (exact) mass is 311 g/mol. The number of amides is 1. The Morgan fingerprint density at radius 3 is 2.71 bits per heavy atom. The molecule has 1 aliphatic rings. The maximum Gasteiger partial charge on any atom is 0.342 e. The fraction of sp³-hybridized carbons (Fsp3) is 0.467. The third kappa shape index (κ3) is 4.11. The second-order valence-electron chi connectivity index (χ2n) is 5.20. The van der Waals surface area contributed by atoms with Crippen molar-refractivity contribution in [1.29, 1.82) is 0 Å². The summed E-state index contributed by atoms with van der Waals surface area (Å²) < 4.78 is 5.07. The maximum absolute atomic E-state index is 11.9. The molecule has 1 aromatic carbocycles. The van der Waals surface area contributed by atoms with Crippen molar-refractivity contribution in [1.82, 2.24) is 5.32 Å². The number of phenolic OH excluding ortho intramolecular Hbond substituents is 1. The van der Waals surface area contributed by atoms with E-state index in [1.54, 1.807) is 0 Å². The predicted molar refractivity (Wildman–Crippen MR) is 78.4 cm³/mol. The molecular formula is C15H18ClNO4. The molecule has 0 aromatic heterocycles. The number of ether oxygens (including phenoxy) is 1. The molecule has 0 saturated heterocycles. The summed E-state index contributed by atoms with van der Waals surface area (Å²) in [5.41, 5.74) is -0.0528. The van der Waals surface area contributed by atoms with Crippen molar-refractivity contribution < 1.29 is 19.4 Å². The van der Waals surface area contributed by atoms with E-state index in [0.29, 0.717) is 5.02 Å². The number of hydrogen-bond acceptors (Lipinski definition) is 4. The summed E-state index contributed by atoms with van der Waals surface area (Å²) in [6.07, 6.45) is 3.21. The maximum atomic E-state index is 11.9. The van der Waals surface area contributed by atoms with E-state index in [4.69, 9.17) is 16.3 Å². The Morgan fingerprint density at radius 1 is 1.38 bits per heavy atom. The van der Waals surface area contributed by atoms with Gasteiger partial charge in [-0.05, 0) is 38.0 Å². The van der Waals surface area contributed by atoms with Gasteiger partial charge in [0.1, 0.15) is 11.3 Å². The van der Waals surface area contributed by atoms with Gasteiger partial charge in [0.15, 0.2) is 6.10 Å². The normalized spacial score (nSPS) is 16.5. The number of nitrogens with one attached hydrogen (secondary N) is 1. The fourth-order valence-corrected chi connectivity index (χ4v) is 2.51. The molecular weight excluding hydrogens is 294 g/mol. The molecule has 1 fully saturated rings. The van der Waals surface area contributed by atoms with Gasteiger partial charge in [0.25, 0.3) is 5.91 Å². The summed E-state index contributed by atoms with van der Waals surface area (Å²) in [6.45, 7) is 1.50. The highest BCUT2D eigenvalue weighted by Crippen LogP contribution is 2.23. The van der Waals surface area contributed by atoms with Crippen LogP contribution in [0.15, 0.2) is 18.2 Å². The molecule has 0 bridgehead atoms. The van der Waals surface area contributed by atoms with Gasteiger partial charge in [0, 0.05) is 11.1 Å². The first-order valence-corrected chi connectivity index (χ1v) is 7.35. The Morgan fingerprint density at radius 2 is 2.05 bits per heavy atom. The lowest BCUT2D eigenvalue weighted by atomic mass is 10.2. The zero-order valence-electron chi connectivity index (χ0n) is 11.8. The molecule has 2 N–H and O–H groups in total. The summed E-state index contributed by atoms with van der Waals surface area (Å²) in [4.78, 5) is 23.9. The quantitative estimate of drug-likeness (QED) is 0.838. The molecule has 21 heavy (non-hydrogen) atoms. The summed E-state index contributed by atoms with van der Waals surface area (Å²) in [6, 6.07) is 4.24. The van der Waals surface area contributed by atoms with Gasteiger partial charge in [-0.25, -0.2) is 4.79 Å². The molecule has 1 saturated carbocycles. The lowest BCUT2D eigenvalue weighted by molar-refractivity contribution is -0.129. The van der Waals surface area contributed by atoms with Gasteiger partial charge in [0.2, 0.25) is 0 Å². The zero-order chi connectivity index (χ0) is 15.4. The number of rotatable bonds is 4. The van der Waals surface area contributed by atoms with E-state index in [2.05, 4.69) is 5.32 Å². The highest BCUT2D eigenvalue weighted by molar-refractivity contribution is 6.31. The van der Waals surface area contributed by atoms with E-state index in [1.165, 1.54) is 25.1 Å². The van der Waals surface area contributed by atoms with Crippen LogP contribution in [-0.4, -0.2) is 29.1 Å². The molecule has 114 valence electrons. The van der Waals surface area contributed by atoms with Crippen molar-refractivity contribution in [2.75, 3.05) is 0 Å². The molecule has 1 atom stereocenters. The van der Waals surface area contributed by atoms with Crippen LogP contribution in [0.2, 0.25) is 5.02 Å². The lowest BCUT2D eigenvalue weighted by Gasteiger charge is -2.17. The summed E-state index contributed by atoms with van der Waals surface area (Å²) in [5, 5.41) is 12.8. The number of carbonyl (C=O) groups is 2. The number of phenols is 1. The largest absolute Gasteiger partial charge is 0.507 e. The van der Waals surface area contributed by atoms with E-state index in [9.17, 15) is 14.7 Å². The molecule has 0 unspecified atom stereocenters.